The minimum absolute atomic E-state index is 0.294. The third kappa shape index (κ3) is 6.38. The van der Waals surface area contributed by atoms with E-state index in [2.05, 4.69) is 30.6 Å². The Balaban J connectivity index is 1.73. The second kappa shape index (κ2) is 11.4. The van der Waals surface area contributed by atoms with E-state index >= 15 is 0 Å². The summed E-state index contributed by atoms with van der Waals surface area (Å²) in [4.78, 5) is 0. The number of hydrogen-bond acceptors (Lipinski definition) is 7. The fourth-order valence-electron chi connectivity index (χ4n) is 3.81. The van der Waals surface area contributed by atoms with Crippen molar-refractivity contribution in [3.8, 4) is 6.07 Å². The Morgan fingerprint density at radius 1 is 1.19 bits per heavy atom. The van der Waals surface area contributed by atoms with Crippen molar-refractivity contribution < 1.29 is 23.7 Å². The number of anilines is 1. The monoisotopic (exact) mass is 463 g/mol. The van der Waals surface area contributed by atoms with Crippen LogP contribution in [0.4, 0.5) is 5.69 Å². The van der Waals surface area contributed by atoms with E-state index in [4.69, 9.17) is 41.2 Å². The molecule has 176 valence electrons. The highest BCUT2D eigenvalue weighted by atomic mass is 32.1. The largest absolute Gasteiger partial charge is 0.379 e. The molecule has 0 aromatic heterocycles. The van der Waals surface area contributed by atoms with Crippen LogP contribution in [0.15, 0.2) is 24.3 Å². The van der Waals surface area contributed by atoms with Gasteiger partial charge < -0.3 is 34.3 Å². The fraction of sp³-hybridized carbons (Fsp3) is 0.652. The zero-order chi connectivity index (χ0) is 23.1. The van der Waals surface area contributed by atoms with Gasteiger partial charge in [-0.25, -0.2) is 0 Å². The molecule has 8 nitrogen and oxygen atoms in total. The summed E-state index contributed by atoms with van der Waals surface area (Å²) in [5.74, 6) is -0.749. The first-order chi connectivity index (χ1) is 15.4. The van der Waals surface area contributed by atoms with Crippen LogP contribution in [0.3, 0.4) is 0 Å². The van der Waals surface area contributed by atoms with Crippen LogP contribution < -0.4 is 10.6 Å². The SMILES string of the molecule is CCCOC[C@@H](OCCC)[C@H]1O[C@@H]2OC(C)(C)O[C@@H]2[C@H]1NC(=S)Nc1ccc(C#N)cc1. The van der Waals surface area contributed by atoms with Gasteiger partial charge in [-0.05, 0) is 63.2 Å². The van der Waals surface area contributed by atoms with Gasteiger partial charge in [0.05, 0.1) is 24.3 Å². The highest BCUT2D eigenvalue weighted by Gasteiger charge is 2.57. The van der Waals surface area contributed by atoms with Gasteiger partial charge in [0.15, 0.2) is 17.2 Å². The molecule has 0 aliphatic carbocycles. The predicted molar refractivity (Wildman–Crippen MR) is 124 cm³/mol. The molecule has 0 radical (unpaired) electrons. The quantitative estimate of drug-likeness (QED) is 0.400. The van der Waals surface area contributed by atoms with Gasteiger partial charge in [0.1, 0.15) is 18.3 Å². The van der Waals surface area contributed by atoms with E-state index in [0.29, 0.717) is 30.5 Å². The van der Waals surface area contributed by atoms with Crippen LogP contribution in [0.1, 0.15) is 46.1 Å². The highest BCUT2D eigenvalue weighted by Crippen LogP contribution is 2.39. The molecular formula is C23H33N3O5S. The minimum atomic E-state index is -0.749. The number of nitrogens with zero attached hydrogens (tertiary/aromatic N) is 1. The van der Waals surface area contributed by atoms with Gasteiger partial charge in [-0.3, -0.25) is 0 Å². The summed E-state index contributed by atoms with van der Waals surface area (Å²) in [7, 11) is 0. The van der Waals surface area contributed by atoms with Crippen LogP contribution in [0, 0.1) is 11.3 Å². The molecule has 2 fully saturated rings. The van der Waals surface area contributed by atoms with E-state index in [-0.39, 0.29) is 24.4 Å². The van der Waals surface area contributed by atoms with E-state index in [1.165, 1.54) is 0 Å². The molecule has 0 unspecified atom stereocenters. The Morgan fingerprint density at radius 3 is 2.56 bits per heavy atom. The molecule has 0 bridgehead atoms. The van der Waals surface area contributed by atoms with Crippen molar-refractivity contribution in [2.45, 2.75) is 77.0 Å². The Labute approximate surface area is 195 Å². The third-order valence-electron chi connectivity index (χ3n) is 5.19. The Hall–Kier alpha value is -1.80. The van der Waals surface area contributed by atoms with Gasteiger partial charge in [0.2, 0.25) is 0 Å². The smallest absolute Gasteiger partial charge is 0.189 e. The van der Waals surface area contributed by atoms with Gasteiger partial charge in [-0.2, -0.15) is 5.26 Å². The second-order valence-electron chi connectivity index (χ2n) is 8.37. The van der Waals surface area contributed by atoms with Gasteiger partial charge in [-0.15, -0.1) is 0 Å². The lowest BCUT2D eigenvalue weighted by Crippen LogP contribution is -2.54. The van der Waals surface area contributed by atoms with Gasteiger partial charge in [0.25, 0.3) is 0 Å². The second-order valence-corrected chi connectivity index (χ2v) is 8.78. The summed E-state index contributed by atoms with van der Waals surface area (Å²) in [6.45, 7) is 9.53. The van der Waals surface area contributed by atoms with Crippen molar-refractivity contribution in [1.29, 1.82) is 5.26 Å². The average Bonchev–Trinajstić information content (AvgIpc) is 3.23. The Morgan fingerprint density at radius 2 is 1.91 bits per heavy atom. The maximum atomic E-state index is 8.98. The third-order valence-corrected chi connectivity index (χ3v) is 5.41. The van der Waals surface area contributed by atoms with Crippen LogP contribution in [-0.4, -0.2) is 61.4 Å². The maximum Gasteiger partial charge on any atom is 0.189 e. The standard InChI is InChI=1S/C23H33N3O5S/c1-5-11-27-14-17(28-12-6-2)19-18(20-21(29-19)31-23(3,4)30-20)26-22(32)25-16-9-7-15(13-24)8-10-16/h7-10,17-21H,5-6,11-12,14H2,1-4H3,(H2,25,26,32)/t17-,18+,19-,20-,21-/m1/s1. The van der Waals surface area contributed by atoms with Crippen molar-refractivity contribution >= 4 is 23.0 Å². The van der Waals surface area contributed by atoms with Crippen LogP contribution in [0.5, 0.6) is 0 Å². The van der Waals surface area contributed by atoms with Crippen LogP contribution in [0.25, 0.3) is 0 Å². The van der Waals surface area contributed by atoms with E-state index in [0.717, 1.165) is 18.5 Å². The molecule has 3 rings (SSSR count). The van der Waals surface area contributed by atoms with Crippen molar-refractivity contribution in [2.75, 3.05) is 25.1 Å². The number of ether oxygens (including phenoxy) is 5. The lowest BCUT2D eigenvalue weighted by atomic mass is 10.0. The topological polar surface area (TPSA) is 94.0 Å². The molecule has 5 atom stereocenters. The van der Waals surface area contributed by atoms with Crippen molar-refractivity contribution in [3.05, 3.63) is 29.8 Å². The van der Waals surface area contributed by atoms with Crippen LogP contribution in [0.2, 0.25) is 0 Å². The predicted octanol–water partition coefficient (Wildman–Crippen LogP) is 3.31. The number of nitrogens with one attached hydrogen (secondary N) is 2. The van der Waals surface area contributed by atoms with Crippen LogP contribution >= 0.6 is 12.2 Å². The first-order valence-corrected chi connectivity index (χ1v) is 11.6. The number of thiocarbonyl (C=S) groups is 1. The molecule has 2 saturated heterocycles. The van der Waals surface area contributed by atoms with Crippen molar-refractivity contribution in [1.82, 2.24) is 5.32 Å². The first kappa shape index (κ1) is 24.8. The van der Waals surface area contributed by atoms with E-state index in [1.54, 1.807) is 12.1 Å². The molecule has 0 saturated carbocycles. The molecule has 0 spiro atoms. The Bertz CT molecular complexity index is 798. The van der Waals surface area contributed by atoms with Crippen LogP contribution in [-0.2, 0) is 23.7 Å². The summed E-state index contributed by atoms with van der Waals surface area (Å²) in [5.41, 5.74) is 1.37. The molecule has 1 aromatic carbocycles. The number of rotatable bonds is 10. The summed E-state index contributed by atoms with van der Waals surface area (Å²) >= 11 is 5.57. The molecule has 9 heteroatoms. The lowest BCUT2D eigenvalue weighted by molar-refractivity contribution is -0.222. The molecule has 2 aliphatic rings. The zero-order valence-corrected chi connectivity index (χ0v) is 19.9. The fourth-order valence-corrected chi connectivity index (χ4v) is 4.07. The van der Waals surface area contributed by atoms with E-state index in [9.17, 15) is 0 Å². The molecular weight excluding hydrogens is 430 g/mol. The Kier molecular flexibility index (Phi) is 8.82. The van der Waals surface area contributed by atoms with Gasteiger partial charge in [0, 0.05) is 18.9 Å². The molecule has 2 aliphatic heterocycles. The first-order valence-electron chi connectivity index (χ1n) is 11.1. The summed E-state index contributed by atoms with van der Waals surface area (Å²) in [6, 6.07) is 8.89. The average molecular weight is 464 g/mol. The summed E-state index contributed by atoms with van der Waals surface area (Å²) < 4.78 is 30.3. The minimum Gasteiger partial charge on any atom is -0.379 e. The molecule has 0 amide bonds. The van der Waals surface area contributed by atoms with Crippen molar-refractivity contribution in [3.63, 3.8) is 0 Å². The number of benzene rings is 1. The van der Waals surface area contributed by atoms with Gasteiger partial charge >= 0.3 is 0 Å². The number of nitriles is 1. The molecule has 2 N–H and O–H groups in total. The summed E-state index contributed by atoms with van der Waals surface area (Å²) in [6.07, 6.45) is 0.278. The van der Waals surface area contributed by atoms with Gasteiger partial charge in [-0.1, -0.05) is 13.8 Å². The molecule has 32 heavy (non-hydrogen) atoms. The lowest BCUT2D eigenvalue weighted by Gasteiger charge is -2.32. The molecule has 2 heterocycles. The summed E-state index contributed by atoms with van der Waals surface area (Å²) in [5, 5.41) is 15.9. The number of fused-ring (bicyclic) bond motifs is 1. The maximum absolute atomic E-state index is 8.98. The highest BCUT2D eigenvalue weighted by molar-refractivity contribution is 7.80. The van der Waals surface area contributed by atoms with E-state index in [1.807, 2.05) is 26.0 Å². The normalized spacial score (nSPS) is 26.8. The molecule has 1 aromatic rings. The zero-order valence-electron chi connectivity index (χ0n) is 19.1. The van der Waals surface area contributed by atoms with Crippen molar-refractivity contribution in [2.24, 2.45) is 0 Å². The van der Waals surface area contributed by atoms with E-state index < -0.39 is 12.1 Å². The number of hydrogen-bond donors (Lipinski definition) is 2.